The van der Waals surface area contributed by atoms with Gasteiger partial charge in [-0.3, -0.25) is 14.3 Å². The SMILES string of the molecule is COC(=O)c1cncc(Cn2c(CCCC(F)(F)F)nc(-c3ccc(Cl)cc3)cc2=O)c1. The summed E-state index contributed by atoms with van der Waals surface area (Å²) in [6.45, 7) is -0.00802. The van der Waals surface area contributed by atoms with Gasteiger partial charge in [0.1, 0.15) is 5.82 Å². The molecule has 0 saturated heterocycles. The van der Waals surface area contributed by atoms with Crippen molar-refractivity contribution in [2.75, 3.05) is 7.11 Å². The van der Waals surface area contributed by atoms with Crippen LogP contribution in [-0.4, -0.2) is 33.8 Å². The number of rotatable bonds is 7. The molecule has 6 nitrogen and oxygen atoms in total. The van der Waals surface area contributed by atoms with Crippen molar-refractivity contribution in [3.8, 4) is 11.3 Å². The van der Waals surface area contributed by atoms with Crippen LogP contribution in [0.2, 0.25) is 5.02 Å². The Morgan fingerprint density at radius 1 is 1.16 bits per heavy atom. The number of aryl methyl sites for hydroxylation is 1. The molecule has 32 heavy (non-hydrogen) atoms. The van der Waals surface area contributed by atoms with Crippen molar-refractivity contribution in [1.82, 2.24) is 14.5 Å². The monoisotopic (exact) mass is 465 g/mol. The summed E-state index contributed by atoms with van der Waals surface area (Å²) in [5.41, 5.74) is 1.22. The number of benzene rings is 1. The van der Waals surface area contributed by atoms with Crippen molar-refractivity contribution >= 4 is 17.6 Å². The largest absolute Gasteiger partial charge is 0.465 e. The van der Waals surface area contributed by atoms with E-state index < -0.39 is 24.1 Å². The van der Waals surface area contributed by atoms with Crippen LogP contribution in [0.3, 0.4) is 0 Å². The smallest absolute Gasteiger partial charge is 0.389 e. The van der Waals surface area contributed by atoms with Crippen molar-refractivity contribution in [2.24, 2.45) is 0 Å². The van der Waals surface area contributed by atoms with Crippen molar-refractivity contribution in [1.29, 1.82) is 0 Å². The van der Waals surface area contributed by atoms with Crippen LogP contribution >= 0.6 is 11.6 Å². The number of nitrogens with zero attached hydrogens (tertiary/aromatic N) is 3. The second kappa shape index (κ2) is 9.95. The Hall–Kier alpha value is -3.20. The summed E-state index contributed by atoms with van der Waals surface area (Å²) >= 11 is 5.90. The molecule has 0 saturated carbocycles. The summed E-state index contributed by atoms with van der Waals surface area (Å²) in [6.07, 6.45) is -2.79. The molecular formula is C22H19ClF3N3O3. The van der Waals surface area contributed by atoms with Crippen LogP contribution in [0, 0.1) is 0 Å². The number of methoxy groups -OCH3 is 1. The third-order valence-corrected chi connectivity index (χ3v) is 4.90. The topological polar surface area (TPSA) is 74.1 Å². The van der Waals surface area contributed by atoms with E-state index in [4.69, 9.17) is 11.6 Å². The van der Waals surface area contributed by atoms with Crippen molar-refractivity contribution in [3.05, 3.63) is 81.1 Å². The lowest BCUT2D eigenvalue weighted by molar-refractivity contribution is -0.135. The summed E-state index contributed by atoms with van der Waals surface area (Å²) in [5.74, 6) is -0.386. The highest BCUT2D eigenvalue weighted by Crippen LogP contribution is 2.23. The minimum absolute atomic E-state index is 0.00802. The highest BCUT2D eigenvalue weighted by Gasteiger charge is 2.26. The van der Waals surface area contributed by atoms with E-state index in [-0.39, 0.29) is 30.8 Å². The maximum absolute atomic E-state index is 12.9. The average molecular weight is 466 g/mol. The fraction of sp³-hybridized carbons (Fsp3) is 0.273. The van der Waals surface area contributed by atoms with Gasteiger partial charge in [0.05, 0.1) is 24.9 Å². The Morgan fingerprint density at radius 3 is 2.53 bits per heavy atom. The average Bonchev–Trinajstić information content (AvgIpc) is 2.75. The van der Waals surface area contributed by atoms with Gasteiger partial charge >= 0.3 is 12.1 Å². The van der Waals surface area contributed by atoms with Gasteiger partial charge in [-0.25, -0.2) is 9.78 Å². The third-order valence-electron chi connectivity index (χ3n) is 4.64. The first-order valence-electron chi connectivity index (χ1n) is 9.62. The molecular weight excluding hydrogens is 447 g/mol. The van der Waals surface area contributed by atoms with Crippen LogP contribution in [0.1, 0.15) is 34.6 Å². The van der Waals surface area contributed by atoms with E-state index in [1.54, 1.807) is 24.3 Å². The van der Waals surface area contributed by atoms with Crippen molar-refractivity contribution in [2.45, 2.75) is 32.0 Å². The lowest BCUT2D eigenvalue weighted by Gasteiger charge is -2.15. The van der Waals surface area contributed by atoms with E-state index in [1.165, 1.54) is 36.2 Å². The molecule has 2 heterocycles. The van der Waals surface area contributed by atoms with Gasteiger partial charge in [-0.05, 0) is 30.2 Å². The molecule has 1 aromatic carbocycles. The standard InChI is InChI=1S/C22H19ClF3N3O3/c1-32-21(31)16-9-14(11-27-12-16)13-29-19(3-2-8-22(24,25)26)28-18(10-20(29)30)15-4-6-17(23)7-5-15/h4-7,9-12H,2-3,8,13H2,1H3. The second-order valence-electron chi connectivity index (χ2n) is 7.03. The van der Waals surface area contributed by atoms with Gasteiger partial charge in [0.15, 0.2) is 0 Å². The molecule has 3 rings (SSSR count). The molecule has 0 bridgehead atoms. The molecule has 3 aromatic rings. The molecule has 2 aromatic heterocycles. The van der Waals surface area contributed by atoms with Crippen molar-refractivity contribution < 1.29 is 22.7 Å². The van der Waals surface area contributed by atoms with E-state index in [1.807, 2.05) is 0 Å². The first kappa shape index (κ1) is 23.5. The number of pyridine rings is 1. The van der Waals surface area contributed by atoms with Crippen LogP contribution in [0.4, 0.5) is 13.2 Å². The fourth-order valence-corrected chi connectivity index (χ4v) is 3.24. The van der Waals surface area contributed by atoms with Gasteiger partial charge in [-0.2, -0.15) is 13.2 Å². The Morgan fingerprint density at radius 2 is 1.88 bits per heavy atom. The van der Waals surface area contributed by atoms with Crippen LogP contribution in [0.5, 0.6) is 0 Å². The number of alkyl halides is 3. The summed E-state index contributed by atoms with van der Waals surface area (Å²) in [5, 5.41) is 0.505. The Bertz CT molecular complexity index is 1160. The summed E-state index contributed by atoms with van der Waals surface area (Å²) < 4.78 is 44.0. The van der Waals surface area contributed by atoms with Gasteiger partial charge in [-0.15, -0.1) is 0 Å². The summed E-state index contributed by atoms with van der Waals surface area (Å²) in [4.78, 5) is 33.1. The lowest BCUT2D eigenvalue weighted by atomic mass is 10.1. The predicted molar refractivity (Wildman–Crippen MR) is 113 cm³/mol. The highest BCUT2D eigenvalue weighted by molar-refractivity contribution is 6.30. The Kier molecular flexibility index (Phi) is 7.29. The zero-order valence-electron chi connectivity index (χ0n) is 17.0. The van der Waals surface area contributed by atoms with Gasteiger partial charge in [0, 0.05) is 41.9 Å². The summed E-state index contributed by atoms with van der Waals surface area (Å²) in [6, 6.07) is 9.45. The fourth-order valence-electron chi connectivity index (χ4n) is 3.12. The van der Waals surface area contributed by atoms with Gasteiger partial charge in [-0.1, -0.05) is 23.7 Å². The number of esters is 1. The van der Waals surface area contributed by atoms with Gasteiger partial charge in [0.2, 0.25) is 0 Å². The molecule has 0 aliphatic rings. The third kappa shape index (κ3) is 6.16. The molecule has 0 unspecified atom stereocenters. The zero-order chi connectivity index (χ0) is 23.3. The normalized spacial score (nSPS) is 11.4. The molecule has 0 spiro atoms. The molecule has 168 valence electrons. The van der Waals surface area contributed by atoms with Gasteiger partial charge < -0.3 is 4.74 Å². The number of carbonyl (C=O) groups is 1. The summed E-state index contributed by atoms with van der Waals surface area (Å²) in [7, 11) is 1.23. The Balaban J connectivity index is 1.99. The van der Waals surface area contributed by atoms with Crippen LogP contribution < -0.4 is 5.56 Å². The van der Waals surface area contributed by atoms with E-state index in [2.05, 4.69) is 14.7 Å². The number of ether oxygens (including phenoxy) is 1. The predicted octanol–water partition coefficient (Wildman–Crippen LogP) is 4.68. The number of carbonyl (C=O) groups excluding carboxylic acids is 1. The van der Waals surface area contributed by atoms with E-state index in [9.17, 15) is 22.8 Å². The first-order chi connectivity index (χ1) is 15.2. The van der Waals surface area contributed by atoms with E-state index in [0.29, 0.717) is 21.8 Å². The van der Waals surface area contributed by atoms with Crippen molar-refractivity contribution in [3.63, 3.8) is 0 Å². The molecule has 0 atom stereocenters. The second-order valence-corrected chi connectivity index (χ2v) is 7.47. The van der Waals surface area contributed by atoms with Gasteiger partial charge in [0.25, 0.3) is 5.56 Å². The van der Waals surface area contributed by atoms with Crippen LogP contribution in [0.15, 0.2) is 53.6 Å². The first-order valence-corrected chi connectivity index (χ1v) is 10.00. The maximum atomic E-state index is 12.9. The lowest BCUT2D eigenvalue weighted by Crippen LogP contribution is -2.26. The quantitative estimate of drug-likeness (QED) is 0.474. The molecule has 0 aliphatic heterocycles. The van der Waals surface area contributed by atoms with E-state index >= 15 is 0 Å². The number of aromatic nitrogens is 3. The number of hydrogen-bond donors (Lipinski definition) is 0. The zero-order valence-corrected chi connectivity index (χ0v) is 17.8. The Labute approximate surface area is 186 Å². The van der Waals surface area contributed by atoms with Crippen LogP contribution in [-0.2, 0) is 17.7 Å². The maximum Gasteiger partial charge on any atom is 0.389 e. The minimum Gasteiger partial charge on any atom is -0.465 e. The molecule has 0 N–H and O–H groups in total. The number of halogens is 4. The molecule has 0 aliphatic carbocycles. The molecule has 0 amide bonds. The number of hydrogen-bond acceptors (Lipinski definition) is 5. The molecule has 0 fully saturated rings. The molecule has 10 heteroatoms. The minimum atomic E-state index is -4.31. The highest BCUT2D eigenvalue weighted by atomic mass is 35.5. The van der Waals surface area contributed by atoms with E-state index in [0.717, 1.165) is 0 Å². The van der Waals surface area contributed by atoms with Crippen LogP contribution in [0.25, 0.3) is 11.3 Å². The molecule has 0 radical (unpaired) electrons.